The standard InChI is InChI=1S/C15H18/c1-3-14-9-12(2)10-15(14)11-13-7-5-4-6-8-13/h4-8,10H,3,9,11H2,1-2H3. The second kappa shape index (κ2) is 4.48. The predicted molar refractivity (Wildman–Crippen MR) is 65.8 cm³/mol. The second-order valence-corrected chi connectivity index (χ2v) is 4.31. The summed E-state index contributed by atoms with van der Waals surface area (Å²) in [6.07, 6.45) is 5.85. The molecule has 0 unspecified atom stereocenters. The Bertz CT molecular complexity index is 393. The number of hydrogen-bond acceptors (Lipinski definition) is 0. The van der Waals surface area contributed by atoms with E-state index in [9.17, 15) is 0 Å². The molecule has 0 atom stereocenters. The Labute approximate surface area is 92.3 Å². The van der Waals surface area contributed by atoms with Gasteiger partial charge >= 0.3 is 0 Å². The molecule has 1 aromatic carbocycles. The van der Waals surface area contributed by atoms with E-state index in [2.05, 4.69) is 50.3 Å². The lowest BCUT2D eigenvalue weighted by Gasteiger charge is -2.04. The molecule has 0 heterocycles. The van der Waals surface area contributed by atoms with Gasteiger partial charge in [-0.25, -0.2) is 0 Å². The summed E-state index contributed by atoms with van der Waals surface area (Å²) in [5, 5.41) is 0. The van der Waals surface area contributed by atoms with Crippen molar-refractivity contribution in [1.29, 1.82) is 0 Å². The fourth-order valence-electron chi connectivity index (χ4n) is 2.24. The van der Waals surface area contributed by atoms with Crippen molar-refractivity contribution in [2.45, 2.75) is 33.1 Å². The first-order valence-corrected chi connectivity index (χ1v) is 5.71. The third kappa shape index (κ3) is 2.38. The van der Waals surface area contributed by atoms with Gasteiger partial charge in [-0.2, -0.15) is 0 Å². The SMILES string of the molecule is CCC1=C(Cc2ccccc2)C=C(C)C1. The van der Waals surface area contributed by atoms with Crippen LogP contribution in [0.15, 0.2) is 53.1 Å². The topological polar surface area (TPSA) is 0 Å². The molecule has 1 aromatic rings. The molecule has 0 N–H and O–H groups in total. The minimum absolute atomic E-state index is 1.10. The van der Waals surface area contributed by atoms with E-state index in [4.69, 9.17) is 0 Å². The van der Waals surface area contributed by atoms with Crippen LogP contribution in [-0.2, 0) is 6.42 Å². The first kappa shape index (κ1) is 10.2. The Morgan fingerprint density at radius 3 is 2.53 bits per heavy atom. The van der Waals surface area contributed by atoms with Crippen molar-refractivity contribution in [2.24, 2.45) is 0 Å². The molecule has 15 heavy (non-hydrogen) atoms. The van der Waals surface area contributed by atoms with Gasteiger partial charge in [-0.3, -0.25) is 0 Å². The van der Waals surface area contributed by atoms with Crippen LogP contribution in [0.25, 0.3) is 0 Å². The van der Waals surface area contributed by atoms with E-state index in [0.717, 1.165) is 6.42 Å². The molecule has 0 fully saturated rings. The van der Waals surface area contributed by atoms with Crippen molar-refractivity contribution in [3.63, 3.8) is 0 Å². The summed E-state index contributed by atoms with van der Waals surface area (Å²) in [5.74, 6) is 0. The molecule has 0 aromatic heterocycles. The molecule has 0 amide bonds. The van der Waals surface area contributed by atoms with Crippen molar-refractivity contribution in [3.8, 4) is 0 Å². The zero-order valence-corrected chi connectivity index (χ0v) is 9.59. The lowest BCUT2D eigenvalue weighted by atomic mass is 10.0. The van der Waals surface area contributed by atoms with Crippen molar-refractivity contribution < 1.29 is 0 Å². The third-order valence-corrected chi connectivity index (χ3v) is 3.03. The predicted octanol–water partition coefficient (Wildman–Crippen LogP) is 4.29. The van der Waals surface area contributed by atoms with Crippen molar-refractivity contribution >= 4 is 0 Å². The molecule has 0 radical (unpaired) electrons. The van der Waals surface area contributed by atoms with E-state index in [1.165, 1.54) is 24.0 Å². The van der Waals surface area contributed by atoms with Crippen LogP contribution in [-0.4, -0.2) is 0 Å². The molecule has 1 aliphatic carbocycles. The minimum Gasteiger partial charge on any atom is -0.0690 e. The van der Waals surface area contributed by atoms with Crippen LogP contribution in [0.1, 0.15) is 32.3 Å². The minimum atomic E-state index is 1.10. The molecule has 0 nitrogen and oxygen atoms in total. The number of rotatable bonds is 3. The lowest BCUT2D eigenvalue weighted by Crippen LogP contribution is -1.89. The van der Waals surface area contributed by atoms with Crippen LogP contribution < -0.4 is 0 Å². The van der Waals surface area contributed by atoms with Crippen molar-refractivity contribution in [2.75, 3.05) is 0 Å². The Morgan fingerprint density at radius 2 is 1.87 bits per heavy atom. The van der Waals surface area contributed by atoms with Gasteiger partial charge in [0.05, 0.1) is 0 Å². The number of allylic oxidation sites excluding steroid dienone is 4. The third-order valence-electron chi connectivity index (χ3n) is 3.03. The number of hydrogen-bond donors (Lipinski definition) is 0. The summed E-state index contributed by atoms with van der Waals surface area (Å²) in [7, 11) is 0. The van der Waals surface area contributed by atoms with Gasteiger partial charge in [0.1, 0.15) is 0 Å². The van der Waals surface area contributed by atoms with Gasteiger partial charge < -0.3 is 0 Å². The quantitative estimate of drug-likeness (QED) is 0.679. The van der Waals surface area contributed by atoms with E-state index in [0.29, 0.717) is 0 Å². The van der Waals surface area contributed by atoms with E-state index in [1.807, 2.05) is 0 Å². The van der Waals surface area contributed by atoms with Gasteiger partial charge in [0.2, 0.25) is 0 Å². The summed E-state index contributed by atoms with van der Waals surface area (Å²) in [5.41, 5.74) is 6.10. The maximum absolute atomic E-state index is 2.37. The maximum atomic E-state index is 2.37. The molecular weight excluding hydrogens is 180 g/mol. The Balaban J connectivity index is 2.18. The van der Waals surface area contributed by atoms with E-state index >= 15 is 0 Å². The Hall–Kier alpha value is -1.30. The molecule has 1 aliphatic rings. The van der Waals surface area contributed by atoms with Crippen molar-refractivity contribution in [1.82, 2.24) is 0 Å². The zero-order chi connectivity index (χ0) is 10.7. The van der Waals surface area contributed by atoms with Gasteiger partial charge in [-0.15, -0.1) is 0 Å². The summed E-state index contributed by atoms with van der Waals surface area (Å²) in [6.45, 7) is 4.49. The van der Waals surface area contributed by atoms with Gasteiger partial charge in [-0.05, 0) is 37.3 Å². The van der Waals surface area contributed by atoms with Crippen LogP contribution in [0.2, 0.25) is 0 Å². The molecule has 0 bridgehead atoms. The van der Waals surface area contributed by atoms with Crippen LogP contribution in [0.4, 0.5) is 0 Å². The average molecular weight is 198 g/mol. The number of benzene rings is 1. The summed E-state index contributed by atoms with van der Waals surface area (Å²) in [6, 6.07) is 10.7. The fraction of sp³-hybridized carbons (Fsp3) is 0.333. The highest BCUT2D eigenvalue weighted by Gasteiger charge is 2.11. The molecule has 0 aliphatic heterocycles. The van der Waals surface area contributed by atoms with E-state index in [1.54, 1.807) is 11.1 Å². The van der Waals surface area contributed by atoms with Crippen molar-refractivity contribution in [3.05, 3.63) is 58.7 Å². The largest absolute Gasteiger partial charge is 0.0690 e. The first-order chi connectivity index (χ1) is 7.29. The molecule has 0 heteroatoms. The van der Waals surface area contributed by atoms with Crippen LogP contribution in [0.5, 0.6) is 0 Å². The summed E-state index contributed by atoms with van der Waals surface area (Å²) < 4.78 is 0. The highest BCUT2D eigenvalue weighted by Crippen LogP contribution is 2.29. The van der Waals surface area contributed by atoms with Crippen LogP contribution in [0, 0.1) is 0 Å². The summed E-state index contributed by atoms with van der Waals surface area (Å²) >= 11 is 0. The van der Waals surface area contributed by atoms with Gasteiger partial charge in [0, 0.05) is 0 Å². The Kier molecular flexibility index (Phi) is 3.05. The molecule has 0 spiro atoms. The van der Waals surface area contributed by atoms with Gasteiger partial charge in [0.15, 0.2) is 0 Å². The highest BCUT2D eigenvalue weighted by molar-refractivity contribution is 5.41. The normalized spacial score (nSPS) is 15.7. The molecule has 0 saturated carbocycles. The molecular formula is C15H18. The lowest BCUT2D eigenvalue weighted by molar-refractivity contribution is 0.987. The van der Waals surface area contributed by atoms with Gasteiger partial charge in [-0.1, -0.05) is 54.5 Å². The van der Waals surface area contributed by atoms with Crippen LogP contribution in [0.3, 0.4) is 0 Å². The first-order valence-electron chi connectivity index (χ1n) is 5.71. The Morgan fingerprint density at radius 1 is 1.13 bits per heavy atom. The van der Waals surface area contributed by atoms with E-state index < -0.39 is 0 Å². The zero-order valence-electron chi connectivity index (χ0n) is 9.59. The van der Waals surface area contributed by atoms with Crippen LogP contribution >= 0.6 is 0 Å². The fourth-order valence-corrected chi connectivity index (χ4v) is 2.24. The maximum Gasteiger partial charge on any atom is -0.00261 e. The van der Waals surface area contributed by atoms with E-state index in [-0.39, 0.29) is 0 Å². The van der Waals surface area contributed by atoms with Gasteiger partial charge in [0.25, 0.3) is 0 Å². The molecule has 78 valence electrons. The molecule has 2 rings (SSSR count). The molecule has 0 saturated heterocycles. The average Bonchev–Trinajstić information content (AvgIpc) is 2.60. The smallest absolute Gasteiger partial charge is 0.00261 e. The summed E-state index contributed by atoms with van der Waals surface area (Å²) in [4.78, 5) is 0. The monoisotopic (exact) mass is 198 g/mol. The highest BCUT2D eigenvalue weighted by atomic mass is 14.2. The second-order valence-electron chi connectivity index (χ2n) is 4.31.